The second-order valence-corrected chi connectivity index (χ2v) is 5.03. The van der Waals surface area contributed by atoms with Crippen LogP contribution in [0.3, 0.4) is 0 Å². The first-order valence-corrected chi connectivity index (χ1v) is 7.12. The van der Waals surface area contributed by atoms with E-state index in [4.69, 9.17) is 0 Å². The van der Waals surface area contributed by atoms with Gasteiger partial charge < -0.3 is 0 Å². The Morgan fingerprint density at radius 3 is 2.70 bits per heavy atom. The number of Topliss-reactive ketones (excluding diaryl/α,β-unsaturated/α-hetero) is 1. The van der Waals surface area contributed by atoms with Gasteiger partial charge in [-0.3, -0.25) is 4.79 Å². The number of hydrogen-bond donors (Lipinski definition) is 0. The highest BCUT2D eigenvalue weighted by atomic mass is 16.1. The SMILES string of the molecule is CC(=O)c1ccccc1N=N/C=C1/c2ccccc2N=NN1C. The number of azo groups is 1. The maximum Gasteiger partial charge on any atom is 0.162 e. The Kier molecular flexibility index (Phi) is 4.05. The van der Waals surface area contributed by atoms with Crippen LogP contribution in [0.15, 0.2) is 75.3 Å². The predicted molar refractivity (Wildman–Crippen MR) is 87.7 cm³/mol. The van der Waals surface area contributed by atoms with Crippen LogP contribution in [-0.4, -0.2) is 17.8 Å². The highest BCUT2D eigenvalue weighted by Crippen LogP contribution is 2.33. The third-order valence-electron chi connectivity index (χ3n) is 3.44. The summed E-state index contributed by atoms with van der Waals surface area (Å²) in [6, 6.07) is 14.8. The Labute approximate surface area is 133 Å². The molecule has 1 aliphatic rings. The first kappa shape index (κ1) is 14.8. The Hall–Kier alpha value is -3.15. The van der Waals surface area contributed by atoms with Crippen LogP contribution in [0.5, 0.6) is 0 Å². The molecule has 23 heavy (non-hydrogen) atoms. The van der Waals surface area contributed by atoms with Gasteiger partial charge in [-0.2, -0.15) is 10.2 Å². The highest BCUT2D eigenvalue weighted by molar-refractivity contribution is 5.98. The summed E-state index contributed by atoms with van der Waals surface area (Å²) in [7, 11) is 1.80. The molecule has 2 aromatic rings. The molecule has 114 valence electrons. The zero-order chi connectivity index (χ0) is 16.2. The third-order valence-corrected chi connectivity index (χ3v) is 3.44. The van der Waals surface area contributed by atoms with Crippen molar-refractivity contribution in [3.63, 3.8) is 0 Å². The summed E-state index contributed by atoms with van der Waals surface area (Å²) in [5.41, 5.74) is 3.61. The standard InChI is InChI=1S/C17H15N5O/c1-12(23)13-7-3-5-9-15(13)19-18-11-17-14-8-4-6-10-16(14)20-21-22(17)2/h3-11H,1-2H3/b17-11-,19-18?. The molecule has 0 atom stereocenters. The number of hydrogen-bond acceptors (Lipinski definition) is 6. The molecule has 1 heterocycles. The van der Waals surface area contributed by atoms with Crippen LogP contribution in [0, 0.1) is 0 Å². The Balaban J connectivity index is 1.94. The van der Waals surface area contributed by atoms with E-state index in [-0.39, 0.29) is 5.78 Å². The van der Waals surface area contributed by atoms with Gasteiger partial charge >= 0.3 is 0 Å². The smallest absolute Gasteiger partial charge is 0.162 e. The molecule has 0 N–H and O–H groups in total. The van der Waals surface area contributed by atoms with Crippen LogP contribution in [0.2, 0.25) is 0 Å². The maximum absolute atomic E-state index is 11.6. The van der Waals surface area contributed by atoms with Crippen molar-refractivity contribution in [1.29, 1.82) is 0 Å². The van der Waals surface area contributed by atoms with Gasteiger partial charge in [0.1, 0.15) is 0 Å². The van der Waals surface area contributed by atoms with E-state index in [1.54, 1.807) is 36.5 Å². The summed E-state index contributed by atoms with van der Waals surface area (Å²) in [6.45, 7) is 1.51. The molecule has 3 rings (SSSR count). The van der Waals surface area contributed by atoms with E-state index in [2.05, 4.69) is 20.6 Å². The lowest BCUT2D eigenvalue weighted by Crippen LogP contribution is -2.11. The number of fused-ring (bicyclic) bond motifs is 1. The number of benzene rings is 2. The average molecular weight is 305 g/mol. The van der Waals surface area contributed by atoms with Gasteiger partial charge in [-0.25, -0.2) is 5.01 Å². The Morgan fingerprint density at radius 2 is 1.87 bits per heavy atom. The van der Waals surface area contributed by atoms with Crippen LogP contribution >= 0.6 is 0 Å². The van der Waals surface area contributed by atoms with Crippen molar-refractivity contribution in [2.75, 3.05) is 7.05 Å². The summed E-state index contributed by atoms with van der Waals surface area (Å²) in [4.78, 5) is 11.6. The molecule has 1 aliphatic heterocycles. The summed E-state index contributed by atoms with van der Waals surface area (Å²) in [5.74, 6) is -0.0406. The van der Waals surface area contributed by atoms with Crippen LogP contribution in [0.25, 0.3) is 5.70 Å². The van der Waals surface area contributed by atoms with E-state index in [0.29, 0.717) is 11.3 Å². The lowest BCUT2D eigenvalue weighted by molar-refractivity contribution is 0.101. The largest absolute Gasteiger partial charge is 0.294 e. The summed E-state index contributed by atoms with van der Waals surface area (Å²) >= 11 is 0. The monoisotopic (exact) mass is 305 g/mol. The molecule has 0 aliphatic carbocycles. The Morgan fingerprint density at radius 1 is 1.13 bits per heavy atom. The number of carbonyl (C=O) groups excluding carboxylic acids is 1. The van der Waals surface area contributed by atoms with Crippen molar-refractivity contribution in [2.24, 2.45) is 20.6 Å². The first-order chi connectivity index (χ1) is 11.2. The second-order valence-electron chi connectivity index (χ2n) is 5.03. The van der Waals surface area contributed by atoms with Crippen molar-refractivity contribution in [3.8, 4) is 0 Å². The van der Waals surface area contributed by atoms with Crippen LogP contribution in [0.1, 0.15) is 22.8 Å². The second kappa shape index (κ2) is 6.31. The van der Waals surface area contributed by atoms with E-state index in [0.717, 1.165) is 16.9 Å². The lowest BCUT2D eigenvalue weighted by atomic mass is 10.1. The van der Waals surface area contributed by atoms with Gasteiger partial charge in [0.15, 0.2) is 5.78 Å². The van der Waals surface area contributed by atoms with Gasteiger partial charge in [0.25, 0.3) is 0 Å². The molecule has 0 unspecified atom stereocenters. The predicted octanol–water partition coefficient (Wildman–Crippen LogP) is 4.92. The minimum Gasteiger partial charge on any atom is -0.294 e. The van der Waals surface area contributed by atoms with Crippen molar-refractivity contribution in [1.82, 2.24) is 5.01 Å². The van der Waals surface area contributed by atoms with Gasteiger partial charge in [-0.05, 0) is 25.1 Å². The molecule has 6 nitrogen and oxygen atoms in total. The summed E-state index contributed by atoms with van der Waals surface area (Å²) < 4.78 is 0. The summed E-state index contributed by atoms with van der Waals surface area (Å²) in [5, 5.41) is 18.1. The fourth-order valence-corrected chi connectivity index (χ4v) is 2.27. The molecule has 0 spiro atoms. The van der Waals surface area contributed by atoms with Crippen molar-refractivity contribution >= 4 is 22.9 Å². The number of rotatable bonds is 3. The fourth-order valence-electron chi connectivity index (χ4n) is 2.27. The van der Waals surface area contributed by atoms with E-state index >= 15 is 0 Å². The van der Waals surface area contributed by atoms with Gasteiger partial charge in [0, 0.05) is 18.2 Å². The van der Waals surface area contributed by atoms with Crippen molar-refractivity contribution in [3.05, 3.63) is 65.9 Å². The maximum atomic E-state index is 11.6. The highest BCUT2D eigenvalue weighted by Gasteiger charge is 2.15. The molecule has 0 bridgehead atoms. The van der Waals surface area contributed by atoms with Crippen LogP contribution in [0.4, 0.5) is 11.4 Å². The Bertz CT molecular complexity index is 838. The molecule has 0 saturated carbocycles. The number of ketones is 1. The van der Waals surface area contributed by atoms with Gasteiger partial charge in [-0.1, -0.05) is 35.6 Å². The lowest BCUT2D eigenvalue weighted by Gasteiger charge is -2.20. The van der Waals surface area contributed by atoms with Crippen molar-refractivity contribution < 1.29 is 4.79 Å². The molecule has 6 heteroatoms. The fraction of sp³-hybridized carbons (Fsp3) is 0.118. The third kappa shape index (κ3) is 3.06. The van der Waals surface area contributed by atoms with Crippen LogP contribution in [-0.2, 0) is 0 Å². The van der Waals surface area contributed by atoms with Crippen molar-refractivity contribution in [2.45, 2.75) is 6.92 Å². The normalized spacial score (nSPS) is 15.2. The van der Waals surface area contributed by atoms with Gasteiger partial charge in [-0.15, -0.1) is 5.11 Å². The van der Waals surface area contributed by atoms with E-state index in [1.165, 1.54) is 6.92 Å². The molecule has 2 aromatic carbocycles. The summed E-state index contributed by atoms with van der Waals surface area (Å²) in [6.07, 6.45) is 1.62. The zero-order valence-electron chi connectivity index (χ0n) is 12.8. The average Bonchev–Trinajstić information content (AvgIpc) is 2.57. The molecule has 0 radical (unpaired) electrons. The molecule has 0 saturated heterocycles. The van der Waals surface area contributed by atoms with E-state index < -0.39 is 0 Å². The van der Waals surface area contributed by atoms with Gasteiger partial charge in [0.05, 0.1) is 23.3 Å². The first-order valence-electron chi connectivity index (χ1n) is 7.12. The minimum absolute atomic E-state index is 0.0406. The van der Waals surface area contributed by atoms with E-state index in [9.17, 15) is 4.79 Å². The van der Waals surface area contributed by atoms with Crippen LogP contribution < -0.4 is 0 Å². The number of nitrogens with zero attached hydrogens (tertiary/aromatic N) is 5. The topological polar surface area (TPSA) is 69.7 Å². The van der Waals surface area contributed by atoms with Gasteiger partial charge in [0.2, 0.25) is 0 Å². The minimum atomic E-state index is -0.0406. The zero-order valence-corrected chi connectivity index (χ0v) is 12.8. The number of carbonyl (C=O) groups is 1. The quantitative estimate of drug-likeness (QED) is 0.596. The molecular weight excluding hydrogens is 290 g/mol. The molecule has 0 fully saturated rings. The molecule has 0 aromatic heterocycles. The molecule has 0 amide bonds. The molecular formula is C17H15N5O. The van der Waals surface area contributed by atoms with E-state index in [1.807, 2.05) is 30.3 Å².